The Hall–Kier alpha value is -3.21. The van der Waals surface area contributed by atoms with Crippen LogP contribution in [0.5, 0.6) is 0 Å². The first kappa shape index (κ1) is 16.6. The number of carbonyl (C=O) groups is 1. The van der Waals surface area contributed by atoms with E-state index in [4.69, 9.17) is 4.74 Å². The van der Waals surface area contributed by atoms with Crippen molar-refractivity contribution in [2.75, 3.05) is 0 Å². The maximum Gasteiger partial charge on any atom is 0.310 e. The van der Waals surface area contributed by atoms with Crippen molar-refractivity contribution in [2.45, 2.75) is 19.4 Å². The molecular formula is C20H17NO4. The second-order valence-electron chi connectivity index (χ2n) is 5.76. The molecule has 0 saturated carbocycles. The van der Waals surface area contributed by atoms with Crippen LogP contribution in [0.3, 0.4) is 0 Å². The Bertz CT molecular complexity index is 930. The number of fused-ring (bicyclic) bond motifs is 1. The fraction of sp³-hybridized carbons (Fsp3) is 0.150. The topological polar surface area (TPSA) is 69.4 Å². The molecule has 0 bridgehead atoms. The van der Waals surface area contributed by atoms with E-state index >= 15 is 0 Å². The number of nitro benzene ring substituents is 1. The Morgan fingerprint density at radius 2 is 1.72 bits per heavy atom. The second-order valence-corrected chi connectivity index (χ2v) is 5.76. The van der Waals surface area contributed by atoms with E-state index in [0.29, 0.717) is 5.56 Å². The van der Waals surface area contributed by atoms with Gasteiger partial charge in [-0.05, 0) is 29.3 Å². The third-order valence-corrected chi connectivity index (χ3v) is 4.09. The van der Waals surface area contributed by atoms with Gasteiger partial charge in [0.15, 0.2) is 0 Å². The first-order valence-electron chi connectivity index (χ1n) is 7.95. The Labute approximate surface area is 145 Å². The van der Waals surface area contributed by atoms with E-state index in [1.54, 1.807) is 25.1 Å². The van der Waals surface area contributed by atoms with Gasteiger partial charge in [0.05, 0.1) is 16.9 Å². The Kier molecular flexibility index (Phi) is 4.75. The van der Waals surface area contributed by atoms with Crippen LogP contribution in [0.2, 0.25) is 0 Å². The van der Waals surface area contributed by atoms with Crippen LogP contribution in [-0.2, 0) is 16.0 Å². The average Bonchev–Trinajstić information content (AvgIpc) is 2.62. The maximum atomic E-state index is 12.3. The van der Waals surface area contributed by atoms with Gasteiger partial charge in [0.25, 0.3) is 5.69 Å². The second kappa shape index (κ2) is 7.13. The monoisotopic (exact) mass is 335 g/mol. The average molecular weight is 335 g/mol. The molecule has 5 nitrogen and oxygen atoms in total. The highest BCUT2D eigenvalue weighted by Gasteiger charge is 2.21. The number of carbonyl (C=O) groups excluding carboxylic acids is 1. The third-order valence-electron chi connectivity index (χ3n) is 4.09. The summed E-state index contributed by atoms with van der Waals surface area (Å²) in [7, 11) is 0. The number of rotatable bonds is 5. The van der Waals surface area contributed by atoms with Gasteiger partial charge in [-0.3, -0.25) is 14.9 Å². The Balaban J connectivity index is 1.77. The summed E-state index contributed by atoms with van der Waals surface area (Å²) in [6.07, 6.45) is -0.573. The minimum absolute atomic E-state index is 0.0482. The largest absolute Gasteiger partial charge is 0.457 e. The molecule has 5 heteroatoms. The molecule has 0 aliphatic rings. The summed E-state index contributed by atoms with van der Waals surface area (Å²) >= 11 is 0. The van der Waals surface area contributed by atoms with E-state index in [2.05, 4.69) is 0 Å². The van der Waals surface area contributed by atoms with Crippen molar-refractivity contribution < 1.29 is 14.5 Å². The van der Waals surface area contributed by atoms with E-state index in [1.807, 2.05) is 42.5 Å². The van der Waals surface area contributed by atoms with Crippen molar-refractivity contribution >= 4 is 22.4 Å². The smallest absolute Gasteiger partial charge is 0.310 e. The summed E-state index contributed by atoms with van der Waals surface area (Å²) in [5.74, 6) is -0.415. The Morgan fingerprint density at radius 3 is 2.52 bits per heavy atom. The summed E-state index contributed by atoms with van der Waals surface area (Å²) < 4.78 is 5.44. The molecule has 0 spiro atoms. The van der Waals surface area contributed by atoms with Crippen LogP contribution in [0.1, 0.15) is 24.2 Å². The minimum atomic E-state index is -0.691. The molecular weight excluding hydrogens is 318 g/mol. The zero-order chi connectivity index (χ0) is 17.8. The molecule has 0 heterocycles. The SMILES string of the molecule is CC(OC(=O)Cc1cccc2ccccc12)c1ccccc1[N+](=O)[O-]. The van der Waals surface area contributed by atoms with Crippen LogP contribution in [0, 0.1) is 10.1 Å². The van der Waals surface area contributed by atoms with Crippen molar-refractivity contribution in [3.05, 3.63) is 88.0 Å². The highest BCUT2D eigenvalue weighted by atomic mass is 16.6. The van der Waals surface area contributed by atoms with E-state index < -0.39 is 17.0 Å². The van der Waals surface area contributed by atoms with Crippen molar-refractivity contribution in [3.63, 3.8) is 0 Å². The van der Waals surface area contributed by atoms with E-state index in [0.717, 1.165) is 16.3 Å². The fourth-order valence-corrected chi connectivity index (χ4v) is 2.90. The number of hydrogen-bond donors (Lipinski definition) is 0. The zero-order valence-corrected chi connectivity index (χ0v) is 13.7. The highest BCUT2D eigenvalue weighted by molar-refractivity contribution is 5.89. The predicted octanol–water partition coefficient (Wildman–Crippen LogP) is 4.59. The lowest BCUT2D eigenvalue weighted by Crippen LogP contribution is -2.12. The normalized spacial score (nSPS) is 11.9. The lowest BCUT2D eigenvalue weighted by atomic mass is 10.0. The molecule has 0 fully saturated rings. The lowest BCUT2D eigenvalue weighted by Gasteiger charge is -2.14. The molecule has 0 aromatic heterocycles. The number of nitrogens with zero attached hydrogens (tertiary/aromatic N) is 1. The number of ether oxygens (including phenoxy) is 1. The third kappa shape index (κ3) is 3.66. The van der Waals surface area contributed by atoms with Crippen LogP contribution in [0.15, 0.2) is 66.7 Å². The van der Waals surface area contributed by atoms with E-state index in [-0.39, 0.29) is 12.1 Å². The predicted molar refractivity (Wildman–Crippen MR) is 95.3 cm³/mol. The van der Waals surface area contributed by atoms with Crippen molar-refractivity contribution in [1.82, 2.24) is 0 Å². The molecule has 1 atom stereocenters. The molecule has 0 saturated heterocycles. The lowest BCUT2D eigenvalue weighted by molar-refractivity contribution is -0.386. The van der Waals surface area contributed by atoms with Crippen LogP contribution in [0.25, 0.3) is 10.8 Å². The van der Waals surface area contributed by atoms with Gasteiger partial charge in [-0.15, -0.1) is 0 Å². The molecule has 0 N–H and O–H groups in total. The summed E-state index contributed by atoms with van der Waals surface area (Å²) in [6, 6.07) is 19.9. The van der Waals surface area contributed by atoms with Gasteiger partial charge < -0.3 is 4.74 Å². The van der Waals surface area contributed by atoms with Gasteiger partial charge in [0.1, 0.15) is 6.10 Å². The molecule has 25 heavy (non-hydrogen) atoms. The maximum absolute atomic E-state index is 12.3. The van der Waals surface area contributed by atoms with E-state index in [9.17, 15) is 14.9 Å². The summed E-state index contributed by atoms with van der Waals surface area (Å²) in [5, 5.41) is 13.2. The van der Waals surface area contributed by atoms with Crippen LogP contribution >= 0.6 is 0 Å². The van der Waals surface area contributed by atoms with Gasteiger partial charge >= 0.3 is 5.97 Å². The standard InChI is InChI=1S/C20H17NO4/c1-14(17-10-4-5-12-19(17)21(23)24)25-20(22)13-16-9-6-8-15-7-2-3-11-18(15)16/h2-12,14H,13H2,1H3. The van der Waals surface area contributed by atoms with Crippen LogP contribution in [-0.4, -0.2) is 10.9 Å². The van der Waals surface area contributed by atoms with Crippen molar-refractivity contribution in [1.29, 1.82) is 0 Å². The first-order chi connectivity index (χ1) is 12.1. The summed E-state index contributed by atoms with van der Waals surface area (Å²) in [5.41, 5.74) is 1.21. The number of hydrogen-bond acceptors (Lipinski definition) is 4. The highest BCUT2D eigenvalue weighted by Crippen LogP contribution is 2.27. The Morgan fingerprint density at radius 1 is 1.04 bits per heavy atom. The summed E-state index contributed by atoms with van der Waals surface area (Å²) in [4.78, 5) is 23.0. The van der Waals surface area contributed by atoms with Crippen LogP contribution in [0.4, 0.5) is 5.69 Å². The summed E-state index contributed by atoms with van der Waals surface area (Å²) in [6.45, 7) is 1.64. The van der Waals surface area contributed by atoms with E-state index in [1.165, 1.54) is 6.07 Å². The minimum Gasteiger partial charge on any atom is -0.457 e. The molecule has 0 radical (unpaired) electrons. The molecule has 3 aromatic carbocycles. The van der Waals surface area contributed by atoms with Gasteiger partial charge in [-0.25, -0.2) is 0 Å². The van der Waals surface area contributed by atoms with Gasteiger partial charge in [0, 0.05) is 6.07 Å². The molecule has 126 valence electrons. The van der Waals surface area contributed by atoms with Crippen molar-refractivity contribution in [2.24, 2.45) is 0 Å². The van der Waals surface area contributed by atoms with Gasteiger partial charge in [0.2, 0.25) is 0 Å². The van der Waals surface area contributed by atoms with Gasteiger partial charge in [-0.2, -0.15) is 0 Å². The quantitative estimate of drug-likeness (QED) is 0.388. The number of nitro groups is 1. The number of benzene rings is 3. The zero-order valence-electron chi connectivity index (χ0n) is 13.7. The number of esters is 1. The first-order valence-corrected chi connectivity index (χ1v) is 7.95. The van der Waals surface area contributed by atoms with Gasteiger partial charge in [-0.1, -0.05) is 54.6 Å². The number of para-hydroxylation sites is 1. The molecule has 3 rings (SSSR count). The molecule has 0 amide bonds. The van der Waals surface area contributed by atoms with Crippen molar-refractivity contribution in [3.8, 4) is 0 Å². The molecule has 1 unspecified atom stereocenters. The molecule has 0 aliphatic carbocycles. The fourth-order valence-electron chi connectivity index (χ4n) is 2.90. The molecule has 3 aromatic rings. The molecule has 0 aliphatic heterocycles. The van der Waals surface area contributed by atoms with Crippen LogP contribution < -0.4 is 0 Å².